The van der Waals surface area contributed by atoms with Crippen molar-refractivity contribution in [2.45, 2.75) is 17.9 Å². The SMILES string of the molecule is C[C@H](CO)Nc1nc(Nc2ccc([S-](=N)=O)cc2)ncc1C#Cc1cccc2nn(C)cc12. The normalized spacial score (nSPS) is 11.8. The first kappa shape index (κ1) is 22.3. The number of hydrogen-bond donors (Lipinski definition) is 4. The zero-order chi connectivity index (χ0) is 23.4. The summed E-state index contributed by atoms with van der Waals surface area (Å²) in [7, 11) is 0.0825. The number of hydrogen-bond acceptors (Lipinski definition) is 9. The molecule has 4 aromatic rings. The Kier molecular flexibility index (Phi) is 6.53. The maximum atomic E-state index is 11.3. The molecule has 2 aromatic carbocycles. The van der Waals surface area contributed by atoms with Gasteiger partial charge in [0.15, 0.2) is 0 Å². The van der Waals surface area contributed by atoms with Crippen LogP contribution < -0.4 is 10.6 Å². The fourth-order valence-electron chi connectivity index (χ4n) is 3.12. The van der Waals surface area contributed by atoms with Gasteiger partial charge in [-0.25, -0.2) is 4.98 Å². The maximum Gasteiger partial charge on any atom is 0.229 e. The summed E-state index contributed by atoms with van der Waals surface area (Å²) in [5.74, 6) is 7.14. The van der Waals surface area contributed by atoms with Crippen LogP contribution in [0.5, 0.6) is 0 Å². The molecule has 0 radical (unpaired) electrons. The Morgan fingerprint density at radius 1 is 1.18 bits per heavy atom. The zero-order valence-corrected chi connectivity index (χ0v) is 18.8. The van der Waals surface area contributed by atoms with E-state index >= 15 is 0 Å². The fraction of sp³-hybridized carbons (Fsp3) is 0.174. The number of aryl methyl sites for hydroxylation is 1. The number of nitrogens with zero attached hydrogens (tertiary/aromatic N) is 4. The van der Waals surface area contributed by atoms with Crippen LogP contribution in [0, 0.1) is 16.6 Å². The van der Waals surface area contributed by atoms with Crippen molar-refractivity contribution in [3.8, 4) is 11.8 Å². The van der Waals surface area contributed by atoms with E-state index in [9.17, 15) is 9.32 Å². The van der Waals surface area contributed by atoms with Crippen LogP contribution in [0.3, 0.4) is 0 Å². The Hall–Kier alpha value is -3.94. The Bertz CT molecular complexity index is 1420. The quantitative estimate of drug-likeness (QED) is 0.256. The molecule has 0 amide bonds. The molecular weight excluding hydrogens is 438 g/mol. The monoisotopic (exact) mass is 460 g/mol. The molecule has 1 atom stereocenters. The highest BCUT2D eigenvalue weighted by atomic mass is 32.2. The first-order valence-corrected chi connectivity index (χ1v) is 11.3. The van der Waals surface area contributed by atoms with Crippen LogP contribution in [0.25, 0.3) is 10.9 Å². The smallest absolute Gasteiger partial charge is 0.229 e. The molecule has 0 saturated carbocycles. The van der Waals surface area contributed by atoms with Crippen molar-refractivity contribution in [3.63, 3.8) is 0 Å². The summed E-state index contributed by atoms with van der Waals surface area (Å²) in [5, 5.41) is 21.1. The zero-order valence-electron chi connectivity index (χ0n) is 18.0. The highest BCUT2D eigenvalue weighted by Crippen LogP contribution is 2.20. The number of rotatable bonds is 6. The predicted molar refractivity (Wildman–Crippen MR) is 128 cm³/mol. The van der Waals surface area contributed by atoms with Gasteiger partial charge in [-0.15, -0.1) is 0 Å². The number of aliphatic hydroxyl groups is 1. The van der Waals surface area contributed by atoms with Gasteiger partial charge in [0.05, 0.1) is 23.9 Å². The molecule has 2 aromatic heterocycles. The molecule has 0 spiro atoms. The second-order valence-electron chi connectivity index (χ2n) is 7.39. The summed E-state index contributed by atoms with van der Waals surface area (Å²) in [4.78, 5) is 9.31. The average molecular weight is 461 g/mol. The van der Waals surface area contributed by atoms with Gasteiger partial charge in [0.2, 0.25) is 5.95 Å². The third-order valence-corrected chi connectivity index (χ3v) is 5.47. The summed E-state index contributed by atoms with van der Waals surface area (Å²) in [5.41, 5.74) is 2.98. The van der Waals surface area contributed by atoms with Crippen molar-refractivity contribution >= 4 is 39.0 Å². The minimum Gasteiger partial charge on any atom is -0.440 e. The standard InChI is InChI=1S/C23H22N7O2S/c1-15(14-31)26-22-17(7-6-16-4-3-5-21-20(16)13-30(2)29-21)12-25-23(28-22)27-18-8-10-19(11-9-18)33(24)32/h3-5,8-13,15,24,31H,14H2,1-2H3,(H2,25,26,27,28)/q-1/t15-/m1/s1. The molecule has 10 heteroatoms. The van der Waals surface area contributed by atoms with E-state index in [4.69, 9.17) is 4.78 Å². The van der Waals surface area contributed by atoms with Gasteiger partial charge in [0, 0.05) is 35.9 Å². The van der Waals surface area contributed by atoms with Gasteiger partial charge < -0.3 is 24.7 Å². The maximum absolute atomic E-state index is 11.3. The summed E-state index contributed by atoms with van der Waals surface area (Å²) in [6.07, 6.45) is 3.54. The van der Waals surface area contributed by atoms with Crippen LogP contribution in [0.2, 0.25) is 0 Å². The van der Waals surface area contributed by atoms with Gasteiger partial charge in [-0.05, 0) is 31.2 Å². The first-order chi connectivity index (χ1) is 15.9. The van der Waals surface area contributed by atoms with Crippen molar-refractivity contribution in [3.05, 3.63) is 66.0 Å². The van der Waals surface area contributed by atoms with Crippen LogP contribution in [0.1, 0.15) is 18.1 Å². The largest absolute Gasteiger partial charge is 0.440 e. The van der Waals surface area contributed by atoms with E-state index in [0.717, 1.165) is 16.5 Å². The molecule has 9 nitrogen and oxygen atoms in total. The van der Waals surface area contributed by atoms with Gasteiger partial charge in [-0.1, -0.05) is 34.9 Å². The lowest BCUT2D eigenvalue weighted by Gasteiger charge is -2.14. The second-order valence-corrected chi connectivity index (χ2v) is 8.40. The van der Waals surface area contributed by atoms with Crippen molar-refractivity contribution in [1.82, 2.24) is 19.7 Å². The highest BCUT2D eigenvalue weighted by molar-refractivity contribution is 7.73. The minimum atomic E-state index is -1.79. The van der Waals surface area contributed by atoms with E-state index in [2.05, 4.69) is 37.5 Å². The number of aromatic nitrogens is 4. The van der Waals surface area contributed by atoms with Crippen LogP contribution in [0.15, 0.2) is 59.8 Å². The summed E-state index contributed by atoms with van der Waals surface area (Å²) < 4.78 is 20.3. The van der Waals surface area contributed by atoms with Crippen molar-refractivity contribution in [2.75, 3.05) is 17.2 Å². The summed E-state index contributed by atoms with van der Waals surface area (Å²) >= 11 is 0. The lowest BCUT2D eigenvalue weighted by Crippen LogP contribution is -2.21. The van der Waals surface area contributed by atoms with E-state index < -0.39 is 10.6 Å². The molecule has 0 aliphatic carbocycles. The Balaban J connectivity index is 1.66. The number of benzene rings is 2. The number of fused-ring (bicyclic) bond motifs is 1. The molecule has 33 heavy (non-hydrogen) atoms. The van der Waals surface area contributed by atoms with Crippen LogP contribution in [0.4, 0.5) is 17.5 Å². The van der Waals surface area contributed by atoms with Crippen molar-refractivity contribution < 1.29 is 9.32 Å². The third-order valence-electron chi connectivity index (χ3n) is 4.77. The number of aliphatic hydroxyl groups excluding tert-OH is 1. The molecule has 0 aliphatic heterocycles. The van der Waals surface area contributed by atoms with Crippen molar-refractivity contribution in [2.24, 2.45) is 7.05 Å². The molecule has 0 bridgehead atoms. The van der Waals surface area contributed by atoms with Crippen LogP contribution in [-0.2, 0) is 21.9 Å². The molecule has 168 valence electrons. The van der Waals surface area contributed by atoms with Crippen LogP contribution in [-0.4, -0.2) is 37.5 Å². The van der Waals surface area contributed by atoms with Crippen LogP contribution >= 0.6 is 0 Å². The Morgan fingerprint density at radius 3 is 2.67 bits per heavy atom. The van der Waals surface area contributed by atoms with E-state index in [0.29, 0.717) is 27.9 Å². The molecule has 4 N–H and O–H groups in total. The Morgan fingerprint density at radius 2 is 1.94 bits per heavy atom. The topological polar surface area (TPSA) is 129 Å². The van der Waals surface area contributed by atoms with E-state index in [1.54, 1.807) is 35.1 Å². The number of anilines is 3. The molecule has 4 rings (SSSR count). The summed E-state index contributed by atoms with van der Waals surface area (Å²) in [6, 6.07) is 12.2. The molecule has 0 fully saturated rings. The third kappa shape index (κ3) is 5.28. The number of nitrogens with one attached hydrogen (secondary N) is 3. The second kappa shape index (κ2) is 9.68. The molecular formula is C23H22N7O2S-. The van der Waals surface area contributed by atoms with Gasteiger partial charge >= 0.3 is 0 Å². The minimum absolute atomic E-state index is 0.0691. The highest BCUT2D eigenvalue weighted by Gasteiger charge is 2.10. The lowest BCUT2D eigenvalue weighted by molar-refractivity contribution is 0.281. The first-order valence-electron chi connectivity index (χ1n) is 10.1. The van der Waals surface area contributed by atoms with Gasteiger partial charge in [0.25, 0.3) is 0 Å². The fourth-order valence-corrected chi connectivity index (χ4v) is 3.50. The lowest BCUT2D eigenvalue weighted by atomic mass is 10.1. The summed E-state index contributed by atoms with van der Waals surface area (Å²) in [6.45, 7) is 1.77. The van der Waals surface area contributed by atoms with Gasteiger partial charge in [-0.3, -0.25) is 4.68 Å². The Labute approximate surface area is 192 Å². The van der Waals surface area contributed by atoms with E-state index in [-0.39, 0.29) is 12.6 Å². The molecule has 0 unspecified atom stereocenters. The van der Waals surface area contributed by atoms with Gasteiger partial charge in [-0.2, -0.15) is 20.7 Å². The molecule has 0 aliphatic rings. The van der Waals surface area contributed by atoms with Gasteiger partial charge in [0.1, 0.15) is 5.82 Å². The average Bonchev–Trinajstić information content (AvgIpc) is 3.19. The van der Waals surface area contributed by atoms with Crippen molar-refractivity contribution in [1.29, 1.82) is 4.78 Å². The van der Waals surface area contributed by atoms with E-state index in [1.165, 1.54) is 0 Å². The molecule has 2 heterocycles. The molecule has 0 saturated heterocycles. The predicted octanol–water partition coefficient (Wildman–Crippen LogP) is 3.38. The van der Waals surface area contributed by atoms with E-state index in [1.807, 2.05) is 38.4 Å².